The van der Waals surface area contributed by atoms with Crippen LogP contribution in [0.1, 0.15) is 5.56 Å². The highest BCUT2D eigenvalue weighted by molar-refractivity contribution is 5.88. The van der Waals surface area contributed by atoms with Gasteiger partial charge in [-0.1, -0.05) is 0 Å². The van der Waals surface area contributed by atoms with E-state index in [1.165, 1.54) is 4.90 Å². The van der Waals surface area contributed by atoms with Gasteiger partial charge >= 0.3 is 6.09 Å². The Morgan fingerprint density at radius 2 is 1.65 bits per heavy atom. The molecule has 0 spiro atoms. The van der Waals surface area contributed by atoms with E-state index >= 15 is 0 Å². The Bertz CT molecular complexity index is 1340. The molecule has 3 aliphatic heterocycles. The summed E-state index contributed by atoms with van der Waals surface area (Å²) in [5.74, 6) is 1.30. The predicted molar refractivity (Wildman–Crippen MR) is 153 cm³/mol. The third-order valence-electron chi connectivity index (χ3n) is 7.58. The van der Waals surface area contributed by atoms with Gasteiger partial charge in [-0.3, -0.25) is 4.90 Å². The molecular weight excluding hydrogens is 512 g/mol. The maximum atomic E-state index is 13.3. The van der Waals surface area contributed by atoms with Gasteiger partial charge in [0.2, 0.25) is 11.9 Å². The molecule has 2 N–H and O–H groups in total. The number of likely N-dealkylation sites (N-methyl/N-ethyl adjacent to an activating group) is 1. The molecule has 2 fully saturated rings. The fourth-order valence-electron chi connectivity index (χ4n) is 5.12. The van der Waals surface area contributed by atoms with Crippen molar-refractivity contribution in [3.63, 3.8) is 0 Å². The molecule has 3 aromatic rings. The lowest BCUT2D eigenvalue weighted by atomic mass is 10.1. The Kier molecular flexibility index (Phi) is 7.22. The first kappa shape index (κ1) is 26.0. The number of anilines is 5. The van der Waals surface area contributed by atoms with Crippen LogP contribution in [0, 0.1) is 0 Å². The number of carbonyl (C=O) groups is 1. The molecule has 0 saturated carbocycles. The summed E-state index contributed by atoms with van der Waals surface area (Å²) >= 11 is 0. The SMILES string of the molecule is CN1CCN(c2ccc(N(C)C(=O)ON3CCc4c(-c5cnc(N)nc5)nc(N5CCOCC5)nc43)cc2)CC1. The minimum atomic E-state index is -0.496. The zero-order chi connectivity index (χ0) is 27.6. The van der Waals surface area contributed by atoms with Crippen LogP contribution >= 0.6 is 0 Å². The van der Waals surface area contributed by atoms with Crippen LogP contribution in [0.25, 0.3) is 11.3 Å². The molecule has 1 aromatic carbocycles. The first-order valence-electron chi connectivity index (χ1n) is 13.5. The maximum Gasteiger partial charge on any atom is 0.438 e. The number of hydrogen-bond donors (Lipinski definition) is 1. The summed E-state index contributed by atoms with van der Waals surface area (Å²) in [4.78, 5) is 45.4. The lowest BCUT2D eigenvalue weighted by Crippen LogP contribution is -2.44. The number of benzene rings is 1. The van der Waals surface area contributed by atoms with E-state index in [1.807, 2.05) is 12.1 Å². The molecule has 0 atom stereocenters. The van der Waals surface area contributed by atoms with Crippen LogP contribution in [0.4, 0.5) is 33.9 Å². The van der Waals surface area contributed by atoms with Crippen LogP contribution in [-0.4, -0.2) is 104 Å². The number of nitrogen functional groups attached to an aromatic ring is 1. The van der Waals surface area contributed by atoms with Crippen molar-refractivity contribution >= 4 is 35.2 Å². The number of nitrogens with zero attached hydrogens (tertiary/aromatic N) is 9. The first-order chi connectivity index (χ1) is 19.5. The van der Waals surface area contributed by atoms with Gasteiger partial charge in [-0.05, 0) is 37.7 Å². The normalized spacial score (nSPS) is 17.6. The standard InChI is InChI=1S/C27H34N10O3/c1-33-9-11-35(12-10-33)21-5-3-20(4-6-21)34(2)27(38)40-37-8-7-22-23(19-17-29-25(28)30-18-19)31-26(32-24(22)37)36-13-15-39-16-14-36/h3-6,17-18H,7-16H2,1-2H3,(H2,28,29,30). The first-order valence-corrected chi connectivity index (χ1v) is 13.5. The highest BCUT2D eigenvalue weighted by Gasteiger charge is 2.32. The van der Waals surface area contributed by atoms with E-state index in [4.69, 9.17) is 25.3 Å². The average molecular weight is 547 g/mol. The van der Waals surface area contributed by atoms with E-state index in [9.17, 15) is 4.79 Å². The van der Waals surface area contributed by atoms with Crippen LogP contribution in [-0.2, 0) is 16.0 Å². The van der Waals surface area contributed by atoms with Gasteiger partial charge < -0.3 is 30.0 Å². The fourth-order valence-corrected chi connectivity index (χ4v) is 5.12. The van der Waals surface area contributed by atoms with Crippen LogP contribution in [0.15, 0.2) is 36.7 Å². The molecule has 6 rings (SSSR count). The summed E-state index contributed by atoms with van der Waals surface area (Å²) in [6, 6.07) is 8.01. The number of hydroxylamine groups is 1. The van der Waals surface area contributed by atoms with Gasteiger partial charge in [-0.25, -0.2) is 19.7 Å². The summed E-state index contributed by atoms with van der Waals surface area (Å²) in [7, 11) is 3.85. The van der Waals surface area contributed by atoms with E-state index in [1.54, 1.807) is 24.5 Å². The molecule has 3 aliphatic rings. The second-order valence-electron chi connectivity index (χ2n) is 10.2. The number of fused-ring (bicyclic) bond motifs is 1. The van der Waals surface area contributed by atoms with Gasteiger partial charge in [0, 0.05) is 81.2 Å². The molecule has 0 aliphatic carbocycles. The van der Waals surface area contributed by atoms with Gasteiger partial charge in [-0.2, -0.15) is 10.0 Å². The molecule has 0 radical (unpaired) electrons. The zero-order valence-corrected chi connectivity index (χ0v) is 22.9. The topological polar surface area (TPSA) is 129 Å². The molecular formula is C27H34N10O3. The monoisotopic (exact) mass is 546 g/mol. The minimum Gasteiger partial charge on any atom is -0.378 e. The summed E-state index contributed by atoms with van der Waals surface area (Å²) in [6.07, 6.45) is 3.42. The second-order valence-corrected chi connectivity index (χ2v) is 10.2. The Hall–Kier alpha value is -4.23. The number of morpholine rings is 1. The molecule has 5 heterocycles. The van der Waals surface area contributed by atoms with E-state index < -0.39 is 6.09 Å². The number of aromatic nitrogens is 4. The Morgan fingerprint density at radius 3 is 2.35 bits per heavy atom. The van der Waals surface area contributed by atoms with Gasteiger partial charge in [0.15, 0.2) is 5.82 Å². The summed E-state index contributed by atoms with van der Waals surface area (Å²) in [6.45, 7) is 7.04. The van der Waals surface area contributed by atoms with Crippen molar-refractivity contribution in [3.8, 4) is 11.3 Å². The van der Waals surface area contributed by atoms with E-state index in [0.717, 1.165) is 48.7 Å². The van der Waals surface area contributed by atoms with Crippen molar-refractivity contribution in [3.05, 3.63) is 42.2 Å². The number of piperazine rings is 1. The van der Waals surface area contributed by atoms with Gasteiger partial charge in [-0.15, -0.1) is 0 Å². The Labute approximate surface area is 233 Å². The van der Waals surface area contributed by atoms with Crippen molar-refractivity contribution in [2.45, 2.75) is 6.42 Å². The van der Waals surface area contributed by atoms with Crippen LogP contribution in [0.3, 0.4) is 0 Å². The zero-order valence-electron chi connectivity index (χ0n) is 22.9. The van der Waals surface area contributed by atoms with Crippen LogP contribution in [0.2, 0.25) is 0 Å². The third kappa shape index (κ3) is 5.29. The lowest BCUT2D eigenvalue weighted by molar-refractivity contribution is 0.122. The number of carbonyl (C=O) groups excluding carboxylic acids is 1. The highest BCUT2D eigenvalue weighted by atomic mass is 16.7. The van der Waals surface area contributed by atoms with Crippen LogP contribution in [0.5, 0.6) is 0 Å². The van der Waals surface area contributed by atoms with Crippen LogP contribution < -0.4 is 25.5 Å². The van der Waals surface area contributed by atoms with Crippen molar-refractivity contribution in [2.24, 2.45) is 0 Å². The summed E-state index contributed by atoms with van der Waals surface area (Å²) in [5.41, 5.74) is 9.93. The minimum absolute atomic E-state index is 0.193. The fraction of sp³-hybridized carbons (Fsp3) is 0.444. The smallest absolute Gasteiger partial charge is 0.378 e. The quantitative estimate of drug-likeness (QED) is 0.499. The molecule has 13 heteroatoms. The van der Waals surface area contributed by atoms with Crippen molar-refractivity contribution in [1.29, 1.82) is 0 Å². The molecule has 1 amide bonds. The molecule has 0 bridgehead atoms. The van der Waals surface area contributed by atoms with Crippen molar-refractivity contribution in [1.82, 2.24) is 24.8 Å². The largest absolute Gasteiger partial charge is 0.438 e. The van der Waals surface area contributed by atoms with Gasteiger partial charge in [0.05, 0.1) is 25.5 Å². The molecule has 2 aromatic heterocycles. The number of ether oxygens (including phenoxy) is 1. The molecule has 0 unspecified atom stereocenters. The van der Waals surface area contributed by atoms with Crippen molar-refractivity contribution < 1.29 is 14.4 Å². The number of nitrogens with two attached hydrogens (primary N) is 1. The van der Waals surface area contributed by atoms with E-state index in [-0.39, 0.29) is 5.95 Å². The molecule has 13 nitrogen and oxygen atoms in total. The summed E-state index contributed by atoms with van der Waals surface area (Å²) in [5, 5.41) is 1.56. The Morgan fingerprint density at radius 1 is 0.950 bits per heavy atom. The number of hydrogen-bond acceptors (Lipinski definition) is 12. The Balaban J connectivity index is 1.22. The van der Waals surface area contributed by atoms with Gasteiger partial charge in [0.25, 0.3) is 0 Å². The maximum absolute atomic E-state index is 13.3. The highest BCUT2D eigenvalue weighted by Crippen LogP contribution is 2.36. The van der Waals surface area contributed by atoms with E-state index in [2.05, 4.69) is 43.8 Å². The van der Waals surface area contributed by atoms with Gasteiger partial charge in [0.1, 0.15) is 0 Å². The second kappa shape index (κ2) is 11.1. The average Bonchev–Trinajstić information content (AvgIpc) is 3.40. The molecule has 2 saturated heterocycles. The predicted octanol–water partition coefficient (Wildman–Crippen LogP) is 1.65. The number of amides is 1. The number of rotatable bonds is 5. The third-order valence-corrected chi connectivity index (χ3v) is 7.58. The van der Waals surface area contributed by atoms with E-state index in [0.29, 0.717) is 56.7 Å². The lowest BCUT2D eigenvalue weighted by Gasteiger charge is -2.34. The molecule has 210 valence electrons. The molecule has 40 heavy (non-hydrogen) atoms. The van der Waals surface area contributed by atoms with Crippen molar-refractivity contribution in [2.75, 3.05) is 98.6 Å². The summed E-state index contributed by atoms with van der Waals surface area (Å²) < 4.78 is 5.51.